The van der Waals surface area contributed by atoms with Gasteiger partial charge >= 0.3 is 0 Å². The Bertz CT molecular complexity index is 559. The van der Waals surface area contributed by atoms with E-state index in [0.29, 0.717) is 22.3 Å². The lowest BCUT2D eigenvalue weighted by molar-refractivity contribution is -0.127. The fourth-order valence-corrected chi connectivity index (χ4v) is 4.13. The van der Waals surface area contributed by atoms with E-state index in [2.05, 4.69) is 31.0 Å². The highest BCUT2D eigenvalue weighted by atomic mass is 32.2. The second-order valence-electron chi connectivity index (χ2n) is 5.81. The van der Waals surface area contributed by atoms with Crippen molar-refractivity contribution in [1.29, 1.82) is 10.5 Å². The minimum absolute atomic E-state index is 0.266. The maximum atomic E-state index is 12.3. The van der Waals surface area contributed by atoms with Gasteiger partial charge in [0.2, 0.25) is 5.91 Å². The fraction of sp³-hybridized carbons (Fsp3) is 0.562. The van der Waals surface area contributed by atoms with Crippen LogP contribution in [0.5, 0.6) is 0 Å². The van der Waals surface area contributed by atoms with Crippen LogP contribution in [0.15, 0.2) is 23.3 Å². The van der Waals surface area contributed by atoms with Gasteiger partial charge in [-0.3, -0.25) is 4.79 Å². The van der Waals surface area contributed by atoms with E-state index in [1.54, 1.807) is 6.08 Å². The van der Waals surface area contributed by atoms with Gasteiger partial charge < -0.3 is 5.32 Å². The van der Waals surface area contributed by atoms with E-state index in [1.807, 2.05) is 0 Å². The summed E-state index contributed by atoms with van der Waals surface area (Å²) in [7, 11) is 0. The van der Waals surface area contributed by atoms with Crippen LogP contribution in [-0.2, 0) is 4.79 Å². The molecule has 1 aliphatic heterocycles. The van der Waals surface area contributed by atoms with E-state index in [4.69, 9.17) is 0 Å². The van der Waals surface area contributed by atoms with Gasteiger partial charge in [0.15, 0.2) is 0 Å². The third kappa shape index (κ3) is 2.71. The summed E-state index contributed by atoms with van der Waals surface area (Å²) in [6, 6.07) is 4.43. The van der Waals surface area contributed by atoms with Crippen molar-refractivity contribution in [2.24, 2.45) is 17.3 Å². The summed E-state index contributed by atoms with van der Waals surface area (Å²) >= 11 is 1.41. The molecule has 0 bridgehead atoms. The number of nitriles is 2. The lowest BCUT2D eigenvalue weighted by atomic mass is 9.59. The third-order valence-electron chi connectivity index (χ3n) is 4.53. The molecule has 1 spiro atoms. The van der Waals surface area contributed by atoms with Crippen LogP contribution in [-0.4, -0.2) is 11.7 Å². The summed E-state index contributed by atoms with van der Waals surface area (Å²) in [5, 5.41) is 22.5. The molecule has 0 unspecified atom stereocenters. The van der Waals surface area contributed by atoms with Crippen molar-refractivity contribution in [2.75, 3.05) is 5.75 Å². The average molecular weight is 301 g/mol. The van der Waals surface area contributed by atoms with Gasteiger partial charge in [-0.2, -0.15) is 10.5 Å². The molecule has 4 nitrogen and oxygen atoms in total. The number of rotatable bonds is 3. The van der Waals surface area contributed by atoms with Crippen LogP contribution in [0.25, 0.3) is 0 Å². The van der Waals surface area contributed by atoms with Crippen LogP contribution in [0.3, 0.4) is 0 Å². The van der Waals surface area contributed by atoms with Crippen molar-refractivity contribution < 1.29 is 4.79 Å². The molecule has 1 saturated carbocycles. The maximum Gasteiger partial charge on any atom is 0.243 e. The Morgan fingerprint density at radius 1 is 1.48 bits per heavy atom. The normalized spacial score (nSPS) is 32.2. The molecule has 0 aromatic rings. The maximum absolute atomic E-state index is 12.3. The predicted molar refractivity (Wildman–Crippen MR) is 82.6 cm³/mol. The van der Waals surface area contributed by atoms with Crippen molar-refractivity contribution in [3.05, 3.63) is 23.3 Å². The van der Waals surface area contributed by atoms with E-state index < -0.39 is 11.3 Å². The molecule has 0 aromatic heterocycles. The van der Waals surface area contributed by atoms with Crippen LogP contribution in [0.4, 0.5) is 0 Å². The number of nitrogens with one attached hydrogen (secondary N) is 1. The van der Waals surface area contributed by atoms with E-state index in [-0.39, 0.29) is 5.91 Å². The first-order chi connectivity index (χ1) is 10.1. The zero-order valence-corrected chi connectivity index (χ0v) is 13.0. The van der Waals surface area contributed by atoms with Crippen molar-refractivity contribution in [1.82, 2.24) is 5.32 Å². The SMILES string of the molecule is C=CCSC1=C(C#N)C2(CCC(C)CC2)[C@H](C#N)C(=O)N1. The number of hydrogen-bond donors (Lipinski definition) is 1. The summed E-state index contributed by atoms with van der Waals surface area (Å²) < 4.78 is 0. The molecule has 2 rings (SSSR count). The van der Waals surface area contributed by atoms with Crippen LogP contribution >= 0.6 is 11.8 Å². The van der Waals surface area contributed by atoms with Crippen LogP contribution < -0.4 is 5.32 Å². The van der Waals surface area contributed by atoms with Crippen molar-refractivity contribution >= 4 is 17.7 Å². The van der Waals surface area contributed by atoms with Gasteiger partial charge in [-0.05, 0) is 31.6 Å². The van der Waals surface area contributed by atoms with Crippen LogP contribution in [0, 0.1) is 39.9 Å². The van der Waals surface area contributed by atoms with E-state index in [0.717, 1.165) is 25.7 Å². The van der Waals surface area contributed by atoms with Gasteiger partial charge in [-0.25, -0.2) is 0 Å². The second-order valence-corrected chi connectivity index (χ2v) is 6.84. The Kier molecular flexibility index (Phi) is 4.75. The van der Waals surface area contributed by atoms with Gasteiger partial charge in [0.1, 0.15) is 5.92 Å². The number of allylic oxidation sites excluding steroid dienone is 1. The van der Waals surface area contributed by atoms with E-state index in [9.17, 15) is 15.3 Å². The molecule has 1 heterocycles. The highest BCUT2D eigenvalue weighted by Gasteiger charge is 2.52. The second kappa shape index (κ2) is 6.37. The Labute approximate surface area is 129 Å². The molecule has 1 fully saturated rings. The monoisotopic (exact) mass is 301 g/mol. The van der Waals surface area contributed by atoms with E-state index in [1.165, 1.54) is 11.8 Å². The van der Waals surface area contributed by atoms with Crippen molar-refractivity contribution in [2.45, 2.75) is 32.6 Å². The number of thioether (sulfide) groups is 1. The molecule has 1 N–H and O–H groups in total. The minimum Gasteiger partial charge on any atom is -0.319 e. The van der Waals surface area contributed by atoms with Gasteiger partial charge in [0.05, 0.1) is 22.7 Å². The minimum atomic E-state index is -0.757. The Hall–Kier alpha value is -1.72. The zero-order chi connectivity index (χ0) is 15.5. The van der Waals surface area contributed by atoms with Crippen LogP contribution in [0.2, 0.25) is 0 Å². The first-order valence-corrected chi connectivity index (χ1v) is 8.16. The average Bonchev–Trinajstić information content (AvgIpc) is 2.48. The van der Waals surface area contributed by atoms with Crippen molar-refractivity contribution in [3.63, 3.8) is 0 Å². The predicted octanol–water partition coefficient (Wildman–Crippen LogP) is 3.11. The number of carbonyl (C=O) groups is 1. The Balaban J connectivity index is 2.49. The highest BCUT2D eigenvalue weighted by molar-refractivity contribution is 8.03. The lowest BCUT2D eigenvalue weighted by Gasteiger charge is -2.44. The molecule has 0 saturated heterocycles. The largest absolute Gasteiger partial charge is 0.319 e. The number of hydrogen-bond acceptors (Lipinski definition) is 4. The summed E-state index contributed by atoms with van der Waals surface area (Å²) in [6.07, 6.45) is 5.12. The van der Waals surface area contributed by atoms with Gasteiger partial charge in [0, 0.05) is 11.2 Å². The molecule has 1 atom stereocenters. The van der Waals surface area contributed by atoms with E-state index >= 15 is 0 Å². The Morgan fingerprint density at radius 2 is 2.14 bits per heavy atom. The highest BCUT2D eigenvalue weighted by Crippen LogP contribution is 2.52. The standard InChI is InChI=1S/C16H19N3OS/c1-3-8-21-15-13(10-18)16(6-4-11(2)5-7-16)12(9-17)14(20)19-15/h3,11-12H,1,4-8H2,2H3,(H,19,20)/t11?,12-,16?/m1/s1. The molecular weight excluding hydrogens is 282 g/mol. The zero-order valence-electron chi connectivity index (χ0n) is 12.2. The fourth-order valence-electron chi connectivity index (χ4n) is 3.28. The topological polar surface area (TPSA) is 76.7 Å². The number of amides is 1. The smallest absolute Gasteiger partial charge is 0.243 e. The summed E-state index contributed by atoms with van der Waals surface area (Å²) in [4.78, 5) is 12.3. The van der Waals surface area contributed by atoms with Gasteiger partial charge in [-0.15, -0.1) is 18.3 Å². The molecule has 0 radical (unpaired) electrons. The number of carbonyl (C=O) groups excluding carboxylic acids is 1. The lowest BCUT2D eigenvalue weighted by Crippen LogP contribution is -2.49. The Morgan fingerprint density at radius 3 is 2.67 bits per heavy atom. The van der Waals surface area contributed by atoms with Gasteiger partial charge in [0.25, 0.3) is 0 Å². The van der Waals surface area contributed by atoms with Crippen LogP contribution in [0.1, 0.15) is 32.6 Å². The molecule has 5 heteroatoms. The molecule has 1 aliphatic carbocycles. The summed E-state index contributed by atoms with van der Waals surface area (Å²) in [6.45, 7) is 5.85. The summed E-state index contributed by atoms with van der Waals surface area (Å²) in [5.74, 6) is 0.194. The number of nitrogens with zero attached hydrogens (tertiary/aromatic N) is 2. The summed E-state index contributed by atoms with van der Waals surface area (Å²) in [5.41, 5.74) is -0.00521. The first-order valence-electron chi connectivity index (χ1n) is 7.18. The van der Waals surface area contributed by atoms with Gasteiger partial charge in [-0.1, -0.05) is 13.0 Å². The molecule has 110 valence electrons. The molecule has 21 heavy (non-hydrogen) atoms. The molecular formula is C16H19N3OS. The molecule has 0 aromatic carbocycles. The molecule has 2 aliphatic rings. The first kappa shape index (κ1) is 15.7. The quantitative estimate of drug-likeness (QED) is 0.813. The third-order valence-corrected chi connectivity index (χ3v) is 5.53. The van der Waals surface area contributed by atoms with Crippen molar-refractivity contribution in [3.8, 4) is 12.1 Å². The molecule has 1 amide bonds.